The summed E-state index contributed by atoms with van der Waals surface area (Å²) in [5.74, 6) is -3.29. The molecule has 0 aromatic carbocycles. The van der Waals surface area contributed by atoms with E-state index in [1.165, 1.54) is 0 Å². The van der Waals surface area contributed by atoms with Gasteiger partial charge >= 0.3 is 38.1 Å². The van der Waals surface area contributed by atoms with Gasteiger partial charge in [0.05, 0.1) is 0 Å². The molecule has 0 radical (unpaired) electrons. The van der Waals surface area contributed by atoms with Crippen LogP contribution in [0.5, 0.6) is 0 Å². The second-order valence-electron chi connectivity index (χ2n) is 1.27. The van der Waals surface area contributed by atoms with Crippen molar-refractivity contribution in [3.63, 3.8) is 0 Å². The molecule has 0 fully saturated rings. The Morgan fingerprint density at radius 2 is 1.92 bits per heavy atom. The van der Waals surface area contributed by atoms with Crippen molar-refractivity contribution < 1.29 is 53.7 Å². The number of hydrogen-bond donors (Lipinski definition) is 2. The molecule has 0 saturated carbocycles. The molecule has 0 aromatic rings. The van der Waals surface area contributed by atoms with Crippen molar-refractivity contribution in [1.82, 2.24) is 0 Å². The van der Waals surface area contributed by atoms with Gasteiger partial charge in [0.2, 0.25) is 6.86 Å². The minimum Gasteiger partial charge on any atom is -1.00 e. The van der Waals surface area contributed by atoms with E-state index in [1.807, 2.05) is 0 Å². The van der Waals surface area contributed by atoms with Crippen LogP contribution in [-0.2, 0) is 19.0 Å². The average Bonchev–Trinajstić information content (AvgIpc) is 1.86. The normalized spacial score (nSPS) is 7.92. The third kappa shape index (κ3) is 6.18. The number of carbonyl (C=O) groups excluding carboxylic acids is 2. The molecule has 0 aliphatic carbocycles. The van der Waals surface area contributed by atoms with Gasteiger partial charge in [0.15, 0.2) is 0 Å². The van der Waals surface area contributed by atoms with Crippen molar-refractivity contribution in [2.45, 2.75) is 0 Å². The summed E-state index contributed by atoms with van der Waals surface area (Å²) in [5, 5.41) is 15.9. The Morgan fingerprint density at radius 3 is 2.25 bits per heavy atom. The molecule has 0 spiro atoms. The Balaban J connectivity index is -0.000000500. The second kappa shape index (κ2) is 7.12. The number of hydrogen-bond acceptors (Lipinski definition) is 6. The summed E-state index contributed by atoms with van der Waals surface area (Å²) in [6.07, 6.45) is 0. The fraction of sp³-hybridized carbons (Fsp3) is 0.333. The molecule has 2 N–H and O–H groups in total. The number of ether oxygens (including phenoxy) is 1. The molecule has 0 unspecified atom stereocenters. The summed E-state index contributed by atoms with van der Waals surface area (Å²) < 4.78 is 18.2. The van der Waals surface area contributed by atoms with Crippen molar-refractivity contribution in [2.75, 3.05) is 6.86 Å². The first-order valence-electron chi connectivity index (χ1n) is 2.37. The van der Waals surface area contributed by atoms with E-state index in [9.17, 15) is 14.0 Å². The van der Waals surface area contributed by atoms with Crippen LogP contribution in [0.2, 0.25) is 0 Å². The fourth-order valence-electron chi connectivity index (χ4n) is 0.252. The largest absolute Gasteiger partial charge is 1.00 e. The van der Waals surface area contributed by atoms with Gasteiger partial charge in [0.1, 0.15) is 0 Å². The maximum atomic E-state index is 11.2. The Bertz CT molecular complexity index is 168. The standard InChI is InChI=1S/C3H4BFO6.Li.H/c5-1-10-2(6)3(7)11-4(8)9;;/h8-9H,1H2;;/q;+1;-1. The Kier molecular flexibility index (Phi) is 8.31. The van der Waals surface area contributed by atoms with Crippen LogP contribution in [0, 0.1) is 0 Å². The van der Waals surface area contributed by atoms with Gasteiger partial charge in [-0.3, -0.25) is 0 Å². The number of carbonyl (C=O) groups is 2. The molecule has 0 bridgehead atoms. The first kappa shape index (κ1) is 14.0. The number of rotatable bonds is 2. The van der Waals surface area contributed by atoms with E-state index in [2.05, 4.69) is 9.39 Å². The smallest absolute Gasteiger partial charge is 1.00 e. The molecule has 0 amide bonds. The zero-order valence-electron chi connectivity index (χ0n) is 7.19. The zero-order chi connectivity index (χ0) is 8.85. The van der Waals surface area contributed by atoms with Gasteiger partial charge in [0, 0.05) is 0 Å². The number of alkyl halides is 1. The third-order valence-electron chi connectivity index (χ3n) is 0.565. The summed E-state index contributed by atoms with van der Waals surface area (Å²) in [6, 6.07) is 0. The summed E-state index contributed by atoms with van der Waals surface area (Å²) in [4.78, 5) is 20.3. The molecule has 0 aliphatic heterocycles. The molecule has 0 rings (SSSR count). The number of esters is 1. The van der Waals surface area contributed by atoms with Crippen molar-refractivity contribution in [2.24, 2.45) is 0 Å². The van der Waals surface area contributed by atoms with E-state index in [0.717, 1.165) is 0 Å². The summed E-state index contributed by atoms with van der Waals surface area (Å²) in [5.41, 5.74) is 0. The first-order chi connectivity index (χ1) is 5.07. The van der Waals surface area contributed by atoms with Gasteiger partial charge in [-0.05, 0) is 0 Å². The minimum atomic E-state index is -2.41. The van der Waals surface area contributed by atoms with Gasteiger partial charge in [-0.2, -0.15) is 0 Å². The molecule has 0 aliphatic rings. The number of halogens is 1. The quantitative estimate of drug-likeness (QED) is 0.247. The van der Waals surface area contributed by atoms with Crippen LogP contribution in [0.25, 0.3) is 0 Å². The molecule has 0 atom stereocenters. The van der Waals surface area contributed by atoms with Crippen LogP contribution >= 0.6 is 0 Å². The van der Waals surface area contributed by atoms with Crippen molar-refractivity contribution >= 4 is 19.3 Å². The van der Waals surface area contributed by atoms with Crippen LogP contribution in [0.1, 0.15) is 1.43 Å². The molecular formula is C3H5BFLiO6. The molecule has 12 heavy (non-hydrogen) atoms. The van der Waals surface area contributed by atoms with E-state index in [-0.39, 0.29) is 20.3 Å². The monoisotopic (exact) mass is 174 g/mol. The second-order valence-corrected chi connectivity index (χ2v) is 1.27. The van der Waals surface area contributed by atoms with E-state index in [0.29, 0.717) is 0 Å². The molecular weight excluding hydrogens is 169 g/mol. The fourth-order valence-corrected chi connectivity index (χ4v) is 0.252. The van der Waals surface area contributed by atoms with Gasteiger partial charge in [-0.25, -0.2) is 14.0 Å². The predicted molar refractivity (Wildman–Crippen MR) is 29.5 cm³/mol. The van der Waals surface area contributed by atoms with Gasteiger partial charge < -0.3 is 20.9 Å². The summed E-state index contributed by atoms with van der Waals surface area (Å²) in [6.45, 7) is -1.48. The van der Waals surface area contributed by atoms with Crippen LogP contribution in [-0.4, -0.2) is 36.2 Å². The van der Waals surface area contributed by atoms with Crippen LogP contribution in [0.15, 0.2) is 0 Å². The molecule has 0 heterocycles. The zero-order valence-corrected chi connectivity index (χ0v) is 6.19. The average molecular weight is 174 g/mol. The Morgan fingerprint density at radius 1 is 1.42 bits per heavy atom. The maximum absolute atomic E-state index is 11.2. The maximum Gasteiger partial charge on any atom is 1.00 e. The van der Waals surface area contributed by atoms with Crippen LogP contribution in [0.3, 0.4) is 0 Å². The van der Waals surface area contributed by atoms with Crippen molar-refractivity contribution in [1.29, 1.82) is 0 Å². The Labute approximate surface area is 80.5 Å². The van der Waals surface area contributed by atoms with E-state index in [4.69, 9.17) is 10.0 Å². The Hall–Kier alpha value is -0.548. The molecule has 0 aromatic heterocycles. The predicted octanol–water partition coefficient (Wildman–Crippen LogP) is -4.91. The van der Waals surface area contributed by atoms with Gasteiger partial charge in [0.25, 0.3) is 0 Å². The van der Waals surface area contributed by atoms with Crippen LogP contribution in [0.4, 0.5) is 4.39 Å². The van der Waals surface area contributed by atoms with Crippen molar-refractivity contribution in [3.05, 3.63) is 0 Å². The minimum absolute atomic E-state index is 0. The van der Waals surface area contributed by atoms with E-state index >= 15 is 0 Å². The van der Waals surface area contributed by atoms with Crippen LogP contribution < -0.4 is 18.9 Å². The van der Waals surface area contributed by atoms with E-state index < -0.39 is 26.1 Å². The third-order valence-corrected chi connectivity index (χ3v) is 0.565. The summed E-state index contributed by atoms with van der Waals surface area (Å²) in [7, 11) is -2.41. The summed E-state index contributed by atoms with van der Waals surface area (Å²) >= 11 is 0. The SMILES string of the molecule is O=C(OCF)C(=O)OB(O)O.[H-].[Li+]. The molecule has 64 valence electrons. The molecule has 6 nitrogen and oxygen atoms in total. The molecule has 0 saturated heterocycles. The van der Waals surface area contributed by atoms with E-state index in [1.54, 1.807) is 0 Å². The van der Waals surface area contributed by atoms with Gasteiger partial charge in [-0.1, -0.05) is 0 Å². The molecule has 9 heteroatoms. The van der Waals surface area contributed by atoms with Crippen molar-refractivity contribution in [3.8, 4) is 0 Å². The topological polar surface area (TPSA) is 93.1 Å². The first-order valence-corrected chi connectivity index (χ1v) is 2.37. The van der Waals surface area contributed by atoms with Gasteiger partial charge in [-0.15, -0.1) is 0 Å².